The molecule has 0 saturated heterocycles. The molecule has 1 N–H and O–H groups in total. The molecule has 1 aliphatic rings. The molecule has 1 fully saturated rings. The summed E-state index contributed by atoms with van der Waals surface area (Å²) >= 11 is 0. The summed E-state index contributed by atoms with van der Waals surface area (Å²) in [5.41, 5.74) is 2.42. The van der Waals surface area contributed by atoms with Gasteiger partial charge in [0.1, 0.15) is 0 Å². The minimum Gasteiger partial charge on any atom is -0.298 e. The van der Waals surface area contributed by atoms with E-state index in [1.54, 1.807) is 18.5 Å². The van der Waals surface area contributed by atoms with Crippen LogP contribution in [0.25, 0.3) is 0 Å². The van der Waals surface area contributed by atoms with Crippen LogP contribution in [0, 0.1) is 0 Å². The number of nitrogens with zero attached hydrogens (tertiary/aromatic N) is 3. The Morgan fingerprint density at radius 1 is 1.25 bits per heavy atom. The van der Waals surface area contributed by atoms with Gasteiger partial charge in [-0.2, -0.15) is 15.4 Å². The maximum Gasteiger partial charge on any atom is 0.151 e. The number of hydrogen-bond donors (Lipinski definition) is 1. The number of carbonyl (C=O) groups is 1. The van der Waals surface area contributed by atoms with Gasteiger partial charge in [0.25, 0.3) is 0 Å². The SMILES string of the molecule is O=Cc1ccc(C2(c3cn[nH]n3)CC2)nc1. The second kappa shape index (κ2) is 3.23. The van der Waals surface area contributed by atoms with E-state index < -0.39 is 0 Å². The molecule has 2 aromatic heterocycles. The Hall–Kier alpha value is -2.04. The van der Waals surface area contributed by atoms with Crippen molar-refractivity contribution in [2.24, 2.45) is 0 Å². The van der Waals surface area contributed by atoms with Crippen LogP contribution in [0.2, 0.25) is 0 Å². The summed E-state index contributed by atoms with van der Waals surface area (Å²) in [7, 11) is 0. The number of rotatable bonds is 3. The van der Waals surface area contributed by atoms with Gasteiger partial charge in [0.05, 0.1) is 23.0 Å². The van der Waals surface area contributed by atoms with E-state index in [0.717, 1.165) is 30.5 Å². The fourth-order valence-corrected chi connectivity index (χ4v) is 1.96. The molecular weight excluding hydrogens is 204 g/mol. The van der Waals surface area contributed by atoms with Crippen LogP contribution >= 0.6 is 0 Å². The van der Waals surface area contributed by atoms with Crippen molar-refractivity contribution >= 4 is 6.29 Å². The van der Waals surface area contributed by atoms with E-state index in [-0.39, 0.29) is 5.41 Å². The first kappa shape index (κ1) is 9.21. The highest BCUT2D eigenvalue weighted by molar-refractivity contribution is 5.74. The molecule has 0 spiro atoms. The number of carbonyl (C=O) groups excluding carboxylic acids is 1. The van der Waals surface area contributed by atoms with Crippen LogP contribution in [0.1, 0.15) is 34.6 Å². The maximum atomic E-state index is 10.5. The zero-order chi connectivity index (χ0) is 11.0. The Morgan fingerprint density at radius 3 is 2.62 bits per heavy atom. The van der Waals surface area contributed by atoms with Gasteiger partial charge < -0.3 is 0 Å². The molecule has 3 rings (SSSR count). The molecule has 0 atom stereocenters. The van der Waals surface area contributed by atoms with Gasteiger partial charge in [-0.05, 0) is 25.0 Å². The molecule has 0 bridgehead atoms. The summed E-state index contributed by atoms with van der Waals surface area (Å²) in [6.07, 6.45) is 6.21. The number of pyridine rings is 1. The molecule has 0 aromatic carbocycles. The van der Waals surface area contributed by atoms with Crippen molar-refractivity contribution < 1.29 is 4.79 Å². The van der Waals surface area contributed by atoms with E-state index >= 15 is 0 Å². The van der Waals surface area contributed by atoms with E-state index in [2.05, 4.69) is 20.4 Å². The molecule has 0 aliphatic heterocycles. The molecule has 2 heterocycles. The zero-order valence-corrected chi connectivity index (χ0v) is 8.55. The standard InChI is InChI=1S/C11H10N4O/c16-7-8-1-2-9(12-5-8)11(3-4-11)10-6-13-15-14-10/h1-2,5-7H,3-4H2,(H,13,14,15). The van der Waals surface area contributed by atoms with E-state index in [0.29, 0.717) is 5.56 Å². The first-order chi connectivity index (χ1) is 7.85. The minimum absolute atomic E-state index is 0.0750. The molecule has 0 amide bonds. The summed E-state index contributed by atoms with van der Waals surface area (Å²) in [6.45, 7) is 0. The van der Waals surface area contributed by atoms with E-state index in [4.69, 9.17) is 0 Å². The van der Waals surface area contributed by atoms with Crippen LogP contribution in [0.4, 0.5) is 0 Å². The molecule has 16 heavy (non-hydrogen) atoms. The van der Waals surface area contributed by atoms with Crippen LogP contribution in [0.15, 0.2) is 24.5 Å². The molecule has 0 radical (unpaired) electrons. The van der Waals surface area contributed by atoms with Crippen molar-refractivity contribution in [3.8, 4) is 0 Å². The Morgan fingerprint density at radius 2 is 2.12 bits per heavy atom. The third-order valence-corrected chi connectivity index (χ3v) is 3.07. The number of hydrogen-bond acceptors (Lipinski definition) is 4. The van der Waals surface area contributed by atoms with Gasteiger partial charge in [0.2, 0.25) is 0 Å². The number of aromatic nitrogens is 4. The van der Waals surface area contributed by atoms with Crippen LogP contribution in [-0.4, -0.2) is 26.7 Å². The van der Waals surface area contributed by atoms with E-state index in [1.165, 1.54) is 0 Å². The Bertz CT molecular complexity index is 499. The fraction of sp³-hybridized carbons (Fsp3) is 0.273. The largest absolute Gasteiger partial charge is 0.298 e. The average Bonchev–Trinajstić information content (AvgIpc) is 2.97. The molecule has 80 valence electrons. The Labute approximate surface area is 91.9 Å². The van der Waals surface area contributed by atoms with Gasteiger partial charge in [-0.3, -0.25) is 9.78 Å². The van der Waals surface area contributed by atoms with Crippen LogP contribution < -0.4 is 0 Å². The molecule has 5 nitrogen and oxygen atoms in total. The van der Waals surface area contributed by atoms with Crippen molar-refractivity contribution in [1.29, 1.82) is 0 Å². The van der Waals surface area contributed by atoms with Crippen molar-refractivity contribution in [3.63, 3.8) is 0 Å². The molecule has 5 heteroatoms. The smallest absolute Gasteiger partial charge is 0.151 e. The average molecular weight is 214 g/mol. The van der Waals surface area contributed by atoms with Gasteiger partial charge in [0.15, 0.2) is 6.29 Å². The highest BCUT2D eigenvalue weighted by Gasteiger charge is 2.49. The maximum absolute atomic E-state index is 10.5. The first-order valence-electron chi connectivity index (χ1n) is 5.13. The topological polar surface area (TPSA) is 71.5 Å². The third kappa shape index (κ3) is 1.25. The number of nitrogens with one attached hydrogen (secondary N) is 1. The van der Waals surface area contributed by atoms with E-state index in [1.807, 2.05) is 6.07 Å². The van der Waals surface area contributed by atoms with Crippen LogP contribution in [0.3, 0.4) is 0 Å². The Balaban J connectivity index is 2.00. The van der Waals surface area contributed by atoms with Crippen LogP contribution in [0.5, 0.6) is 0 Å². The predicted molar refractivity (Wildman–Crippen MR) is 56.0 cm³/mol. The van der Waals surface area contributed by atoms with Gasteiger partial charge in [-0.25, -0.2) is 0 Å². The highest BCUT2D eigenvalue weighted by atomic mass is 16.1. The minimum atomic E-state index is -0.0750. The lowest BCUT2D eigenvalue weighted by atomic mass is 9.98. The summed E-state index contributed by atoms with van der Waals surface area (Å²) in [4.78, 5) is 14.9. The summed E-state index contributed by atoms with van der Waals surface area (Å²) < 4.78 is 0. The molecule has 0 unspecified atom stereocenters. The highest BCUT2D eigenvalue weighted by Crippen LogP contribution is 2.51. The van der Waals surface area contributed by atoms with Crippen molar-refractivity contribution in [3.05, 3.63) is 41.5 Å². The quantitative estimate of drug-likeness (QED) is 0.776. The normalized spacial score (nSPS) is 17.0. The Kier molecular flexibility index (Phi) is 1.86. The molecular formula is C11H10N4O. The third-order valence-electron chi connectivity index (χ3n) is 3.07. The van der Waals surface area contributed by atoms with Gasteiger partial charge in [-0.1, -0.05) is 0 Å². The van der Waals surface area contributed by atoms with Gasteiger partial charge in [-0.15, -0.1) is 0 Å². The molecule has 1 saturated carbocycles. The summed E-state index contributed by atoms with van der Waals surface area (Å²) in [5.74, 6) is 0. The first-order valence-corrected chi connectivity index (χ1v) is 5.13. The summed E-state index contributed by atoms with van der Waals surface area (Å²) in [5, 5.41) is 10.6. The fourth-order valence-electron chi connectivity index (χ4n) is 1.96. The molecule has 1 aliphatic carbocycles. The van der Waals surface area contributed by atoms with Crippen LogP contribution in [-0.2, 0) is 5.41 Å². The zero-order valence-electron chi connectivity index (χ0n) is 8.55. The lowest BCUT2D eigenvalue weighted by molar-refractivity contribution is 0.112. The number of aldehydes is 1. The second-order valence-electron chi connectivity index (χ2n) is 4.03. The van der Waals surface area contributed by atoms with Crippen molar-refractivity contribution in [1.82, 2.24) is 20.4 Å². The monoisotopic (exact) mass is 214 g/mol. The second-order valence-corrected chi connectivity index (χ2v) is 4.03. The lowest BCUT2D eigenvalue weighted by Gasteiger charge is -2.10. The van der Waals surface area contributed by atoms with E-state index in [9.17, 15) is 4.79 Å². The van der Waals surface area contributed by atoms with Gasteiger partial charge in [0, 0.05) is 11.8 Å². The lowest BCUT2D eigenvalue weighted by Crippen LogP contribution is -2.11. The van der Waals surface area contributed by atoms with Crippen molar-refractivity contribution in [2.45, 2.75) is 18.3 Å². The number of H-pyrrole nitrogens is 1. The van der Waals surface area contributed by atoms with Crippen molar-refractivity contribution in [2.75, 3.05) is 0 Å². The molecule has 2 aromatic rings. The predicted octanol–water partition coefficient (Wildman–Crippen LogP) is 1.09. The summed E-state index contributed by atoms with van der Waals surface area (Å²) in [6, 6.07) is 3.68. The van der Waals surface area contributed by atoms with Gasteiger partial charge >= 0.3 is 0 Å². The number of aromatic amines is 1.